The molecule has 176 valence electrons. The highest BCUT2D eigenvalue weighted by Crippen LogP contribution is 2.40. The lowest BCUT2D eigenvalue weighted by Crippen LogP contribution is -2.14. The number of para-hydroxylation sites is 1. The van der Waals surface area contributed by atoms with E-state index < -0.39 is 0 Å². The van der Waals surface area contributed by atoms with Crippen LogP contribution in [0.15, 0.2) is 73.1 Å². The SMILES string of the molecule is NCCCc1nccc(-c2c(-c3ccc(F)cc3)nc3n2[C@H](Cn2ccc4ccccc42)CC3)n1. The summed E-state index contributed by atoms with van der Waals surface area (Å²) in [6, 6.07) is 19.4. The highest BCUT2D eigenvalue weighted by Gasteiger charge is 2.31. The van der Waals surface area contributed by atoms with Crippen LogP contribution in [-0.2, 0) is 19.4 Å². The molecule has 1 atom stereocenters. The maximum atomic E-state index is 13.7. The maximum Gasteiger partial charge on any atom is 0.129 e. The summed E-state index contributed by atoms with van der Waals surface area (Å²) < 4.78 is 18.4. The lowest BCUT2D eigenvalue weighted by molar-refractivity contribution is 0.459. The van der Waals surface area contributed by atoms with E-state index >= 15 is 0 Å². The van der Waals surface area contributed by atoms with Crippen LogP contribution in [0, 0.1) is 5.82 Å². The van der Waals surface area contributed by atoms with Gasteiger partial charge < -0.3 is 14.9 Å². The van der Waals surface area contributed by atoms with Crippen molar-refractivity contribution in [2.75, 3.05) is 6.54 Å². The largest absolute Gasteiger partial charge is 0.345 e. The van der Waals surface area contributed by atoms with Crippen molar-refractivity contribution in [3.05, 3.63) is 90.5 Å². The Morgan fingerprint density at radius 2 is 1.86 bits per heavy atom. The Kier molecular flexibility index (Phi) is 5.62. The molecular weight excluding hydrogens is 439 g/mol. The molecule has 2 N–H and O–H groups in total. The number of rotatable bonds is 7. The number of nitrogens with two attached hydrogens (primary N) is 1. The van der Waals surface area contributed by atoms with E-state index in [4.69, 9.17) is 15.7 Å². The Morgan fingerprint density at radius 1 is 1.00 bits per heavy atom. The van der Waals surface area contributed by atoms with Crippen molar-refractivity contribution in [1.82, 2.24) is 24.1 Å². The molecule has 0 fully saturated rings. The van der Waals surface area contributed by atoms with Crippen LogP contribution in [0.1, 0.15) is 30.5 Å². The highest BCUT2D eigenvalue weighted by molar-refractivity contribution is 5.80. The number of aryl methyl sites for hydroxylation is 2. The summed E-state index contributed by atoms with van der Waals surface area (Å²) in [5, 5.41) is 1.24. The molecule has 6 rings (SSSR count). The first-order valence-corrected chi connectivity index (χ1v) is 12.1. The van der Waals surface area contributed by atoms with Gasteiger partial charge in [-0.2, -0.15) is 0 Å². The number of hydrogen-bond donors (Lipinski definition) is 1. The number of nitrogens with zero attached hydrogens (tertiary/aromatic N) is 5. The standard InChI is InChI=1S/C28H27FN6/c29-21-9-7-20(8-10-21)27-28(23-13-16-31-25(32-23)6-3-15-30)35-22(11-12-26(35)33-27)18-34-17-14-19-4-1-2-5-24(19)34/h1-2,4-5,7-10,13-14,16-17,22H,3,6,11-12,15,18,30H2/t22-/m0/s1. The summed E-state index contributed by atoms with van der Waals surface area (Å²) in [4.78, 5) is 14.4. The molecule has 5 aromatic rings. The average Bonchev–Trinajstić information content (AvgIpc) is 3.58. The molecule has 0 bridgehead atoms. The molecule has 0 radical (unpaired) electrons. The Balaban J connectivity index is 1.47. The fourth-order valence-electron chi connectivity index (χ4n) is 5.14. The van der Waals surface area contributed by atoms with Crippen LogP contribution in [0.4, 0.5) is 4.39 Å². The molecule has 0 saturated heterocycles. The summed E-state index contributed by atoms with van der Waals surface area (Å²) in [6.07, 6.45) is 7.44. The normalized spacial score (nSPS) is 15.1. The fourth-order valence-corrected chi connectivity index (χ4v) is 5.14. The van der Waals surface area contributed by atoms with E-state index in [1.165, 1.54) is 23.0 Å². The Labute approximate surface area is 203 Å². The minimum absolute atomic E-state index is 0.236. The molecule has 6 nitrogen and oxygen atoms in total. The predicted octanol–water partition coefficient (Wildman–Crippen LogP) is 5.18. The number of imidazole rings is 1. The van der Waals surface area contributed by atoms with Gasteiger partial charge in [-0.15, -0.1) is 0 Å². The second-order valence-electron chi connectivity index (χ2n) is 9.07. The van der Waals surface area contributed by atoms with Gasteiger partial charge in [0.15, 0.2) is 0 Å². The third-order valence-corrected chi connectivity index (χ3v) is 6.81. The zero-order chi connectivity index (χ0) is 23.8. The summed E-state index contributed by atoms with van der Waals surface area (Å²) >= 11 is 0. The molecule has 7 heteroatoms. The molecule has 35 heavy (non-hydrogen) atoms. The van der Waals surface area contributed by atoms with Crippen molar-refractivity contribution in [2.45, 2.75) is 38.3 Å². The van der Waals surface area contributed by atoms with Crippen molar-refractivity contribution < 1.29 is 4.39 Å². The van der Waals surface area contributed by atoms with Gasteiger partial charge in [-0.25, -0.2) is 19.3 Å². The number of benzene rings is 2. The van der Waals surface area contributed by atoms with Crippen molar-refractivity contribution in [3.63, 3.8) is 0 Å². The Hall–Kier alpha value is -3.84. The average molecular weight is 467 g/mol. The molecule has 0 aliphatic carbocycles. The van der Waals surface area contributed by atoms with Gasteiger partial charge in [0.2, 0.25) is 0 Å². The van der Waals surface area contributed by atoms with Crippen LogP contribution in [0.25, 0.3) is 33.5 Å². The van der Waals surface area contributed by atoms with Crippen LogP contribution in [0.3, 0.4) is 0 Å². The van der Waals surface area contributed by atoms with E-state index in [2.05, 4.69) is 50.6 Å². The van der Waals surface area contributed by atoms with Crippen LogP contribution in [-0.4, -0.2) is 30.6 Å². The van der Waals surface area contributed by atoms with E-state index in [1.54, 1.807) is 12.1 Å². The lowest BCUT2D eigenvalue weighted by Gasteiger charge is -2.19. The molecule has 0 unspecified atom stereocenters. The van der Waals surface area contributed by atoms with Gasteiger partial charge >= 0.3 is 0 Å². The number of aromatic nitrogens is 5. The van der Waals surface area contributed by atoms with Crippen molar-refractivity contribution in [3.8, 4) is 22.6 Å². The lowest BCUT2D eigenvalue weighted by atomic mass is 10.1. The van der Waals surface area contributed by atoms with Crippen molar-refractivity contribution in [1.29, 1.82) is 0 Å². The van der Waals surface area contributed by atoms with Gasteiger partial charge in [-0.1, -0.05) is 18.2 Å². The van der Waals surface area contributed by atoms with Crippen molar-refractivity contribution in [2.24, 2.45) is 5.73 Å². The van der Waals surface area contributed by atoms with E-state index in [9.17, 15) is 4.39 Å². The topological polar surface area (TPSA) is 74.5 Å². The third kappa shape index (κ3) is 4.02. The quantitative estimate of drug-likeness (QED) is 0.359. The van der Waals surface area contributed by atoms with Crippen LogP contribution in [0.5, 0.6) is 0 Å². The molecule has 4 heterocycles. The number of fused-ring (bicyclic) bond motifs is 2. The second-order valence-corrected chi connectivity index (χ2v) is 9.07. The van der Waals surface area contributed by atoms with Crippen molar-refractivity contribution >= 4 is 10.9 Å². The first kappa shape index (κ1) is 21.7. The van der Waals surface area contributed by atoms with Crippen LogP contribution < -0.4 is 5.73 Å². The zero-order valence-electron chi connectivity index (χ0n) is 19.4. The molecule has 2 aromatic carbocycles. The number of hydrogen-bond acceptors (Lipinski definition) is 4. The van der Waals surface area contributed by atoms with Crippen LogP contribution in [0.2, 0.25) is 0 Å². The Bertz CT molecular complexity index is 1480. The predicted molar refractivity (Wildman–Crippen MR) is 135 cm³/mol. The van der Waals surface area contributed by atoms with E-state index in [0.717, 1.165) is 66.5 Å². The van der Waals surface area contributed by atoms with Gasteiger partial charge in [0.1, 0.15) is 17.5 Å². The fraction of sp³-hybridized carbons (Fsp3) is 0.250. The summed E-state index contributed by atoms with van der Waals surface area (Å²) in [5.74, 6) is 1.56. The molecule has 1 aliphatic heterocycles. The van der Waals surface area contributed by atoms with Gasteiger partial charge in [0, 0.05) is 42.9 Å². The Morgan fingerprint density at radius 3 is 2.71 bits per heavy atom. The third-order valence-electron chi connectivity index (χ3n) is 6.81. The monoisotopic (exact) mass is 466 g/mol. The minimum atomic E-state index is -0.259. The molecular formula is C28H27FN6. The molecule has 0 saturated carbocycles. The van der Waals surface area contributed by atoms with Crippen LogP contribution >= 0.6 is 0 Å². The van der Waals surface area contributed by atoms with E-state index in [0.29, 0.717) is 6.54 Å². The molecule has 0 spiro atoms. The number of halogens is 1. The van der Waals surface area contributed by atoms with E-state index in [1.807, 2.05) is 12.3 Å². The van der Waals surface area contributed by atoms with Gasteiger partial charge in [-0.05, 0) is 67.2 Å². The first-order valence-electron chi connectivity index (χ1n) is 12.1. The zero-order valence-corrected chi connectivity index (χ0v) is 19.4. The molecule has 1 aliphatic rings. The smallest absolute Gasteiger partial charge is 0.129 e. The molecule has 0 amide bonds. The summed E-state index contributed by atoms with van der Waals surface area (Å²) in [6.45, 7) is 1.45. The second kappa shape index (κ2) is 9.07. The maximum absolute atomic E-state index is 13.7. The highest BCUT2D eigenvalue weighted by atomic mass is 19.1. The first-order chi connectivity index (χ1) is 17.2. The van der Waals surface area contributed by atoms with Gasteiger partial charge in [0.05, 0.1) is 23.1 Å². The summed E-state index contributed by atoms with van der Waals surface area (Å²) in [5.41, 5.74) is 10.5. The molecule has 3 aromatic heterocycles. The van der Waals surface area contributed by atoms with E-state index in [-0.39, 0.29) is 11.9 Å². The van der Waals surface area contributed by atoms with Gasteiger partial charge in [0.25, 0.3) is 0 Å². The minimum Gasteiger partial charge on any atom is -0.345 e. The van der Waals surface area contributed by atoms with Gasteiger partial charge in [-0.3, -0.25) is 0 Å². The summed E-state index contributed by atoms with van der Waals surface area (Å²) in [7, 11) is 0.